The van der Waals surface area contributed by atoms with Crippen LogP contribution in [-0.4, -0.2) is 40.9 Å². The van der Waals surface area contributed by atoms with Crippen LogP contribution in [0.4, 0.5) is 13.2 Å². The van der Waals surface area contributed by atoms with Crippen LogP contribution in [-0.2, 0) is 0 Å². The number of ether oxygens (including phenoxy) is 1. The molecule has 0 amide bonds. The Balaban J connectivity index is 2.51. The van der Waals surface area contributed by atoms with Crippen LogP contribution < -0.4 is 4.74 Å². The fourth-order valence-corrected chi connectivity index (χ4v) is 1.68. The first-order chi connectivity index (χ1) is 9.87. The average Bonchev–Trinajstić information content (AvgIpc) is 2.88. The summed E-state index contributed by atoms with van der Waals surface area (Å²) in [6.07, 6.45) is -0.216. The van der Waals surface area contributed by atoms with Gasteiger partial charge in [0.2, 0.25) is 0 Å². The van der Waals surface area contributed by atoms with Crippen molar-refractivity contribution in [2.75, 3.05) is 14.1 Å². The summed E-state index contributed by atoms with van der Waals surface area (Å²) in [5, 5.41) is 5.69. The van der Waals surface area contributed by atoms with Gasteiger partial charge < -0.3 is 9.75 Å². The Kier molecular flexibility index (Phi) is 4.15. The van der Waals surface area contributed by atoms with E-state index >= 15 is 0 Å². The summed E-state index contributed by atoms with van der Waals surface area (Å²) in [5.74, 6) is -0.0448. The Morgan fingerprint density at radius 1 is 1.29 bits per heavy atom. The Hall–Kier alpha value is -2.51. The van der Waals surface area contributed by atoms with Crippen LogP contribution in [0.1, 0.15) is 5.56 Å². The molecule has 0 aliphatic carbocycles. The zero-order valence-corrected chi connectivity index (χ0v) is 11.4. The maximum atomic E-state index is 12.5. The number of hydrazone groups is 1. The molecule has 0 spiro atoms. The van der Waals surface area contributed by atoms with Gasteiger partial charge in [0, 0.05) is 26.5 Å². The molecule has 0 saturated carbocycles. The van der Waals surface area contributed by atoms with Crippen molar-refractivity contribution in [2.45, 2.75) is 6.36 Å². The van der Waals surface area contributed by atoms with Crippen LogP contribution in [0, 0.1) is 0 Å². The molecular formula is C13H13F3N4O. The second-order valence-electron chi connectivity index (χ2n) is 4.28. The molecule has 0 radical (unpaired) electrons. The monoisotopic (exact) mass is 298 g/mol. The minimum absolute atomic E-state index is 0.210. The third-order valence-electron chi connectivity index (χ3n) is 2.40. The molecule has 21 heavy (non-hydrogen) atoms. The van der Waals surface area contributed by atoms with Crippen molar-refractivity contribution in [2.24, 2.45) is 5.10 Å². The normalized spacial score (nSPS) is 12.3. The average molecular weight is 298 g/mol. The maximum Gasteiger partial charge on any atom is 0.573 e. The highest BCUT2D eigenvalue weighted by Gasteiger charge is 2.32. The Morgan fingerprint density at radius 3 is 2.57 bits per heavy atom. The number of alkyl halides is 3. The van der Waals surface area contributed by atoms with E-state index in [1.54, 1.807) is 26.4 Å². The summed E-state index contributed by atoms with van der Waals surface area (Å²) in [6.45, 7) is 0. The predicted molar refractivity (Wildman–Crippen MR) is 71.0 cm³/mol. The van der Waals surface area contributed by atoms with Gasteiger partial charge >= 0.3 is 6.36 Å². The zero-order valence-electron chi connectivity index (χ0n) is 11.4. The number of para-hydroxylation sites is 1. The van der Waals surface area contributed by atoms with Crippen molar-refractivity contribution in [1.29, 1.82) is 0 Å². The minimum atomic E-state index is -4.77. The van der Waals surface area contributed by atoms with Gasteiger partial charge in [0.05, 0.1) is 5.56 Å². The molecule has 112 valence electrons. The summed E-state index contributed by atoms with van der Waals surface area (Å²) in [7, 11) is 3.34. The van der Waals surface area contributed by atoms with Gasteiger partial charge in [0.1, 0.15) is 12.1 Å². The van der Waals surface area contributed by atoms with Crippen LogP contribution in [0.3, 0.4) is 0 Å². The molecule has 2 aromatic rings. The van der Waals surface area contributed by atoms with Crippen LogP contribution in [0.2, 0.25) is 0 Å². The van der Waals surface area contributed by atoms with E-state index in [2.05, 4.69) is 14.8 Å². The van der Waals surface area contributed by atoms with Crippen LogP contribution in [0.5, 0.6) is 5.75 Å². The molecule has 0 bridgehead atoms. The lowest BCUT2D eigenvalue weighted by atomic mass is 10.2. The highest BCUT2D eigenvalue weighted by Crippen LogP contribution is 2.27. The topological polar surface area (TPSA) is 42.6 Å². The summed E-state index contributed by atoms with van der Waals surface area (Å²) < 4.78 is 43.1. The van der Waals surface area contributed by atoms with Gasteiger partial charge in [0.15, 0.2) is 5.84 Å². The van der Waals surface area contributed by atoms with Crippen molar-refractivity contribution >= 4 is 5.84 Å². The SMILES string of the molecule is CN(C)/N=C(/c1ccccc1OC(F)(F)F)n1ccnc1. The molecule has 8 heteroatoms. The minimum Gasteiger partial charge on any atom is -0.405 e. The quantitative estimate of drug-likeness (QED) is 0.497. The fourth-order valence-electron chi connectivity index (χ4n) is 1.68. The van der Waals surface area contributed by atoms with Gasteiger partial charge in [-0.15, -0.1) is 13.2 Å². The molecule has 0 aliphatic heterocycles. The second-order valence-corrected chi connectivity index (χ2v) is 4.28. The predicted octanol–water partition coefficient (Wildman–Crippen LogP) is 2.55. The van der Waals surface area contributed by atoms with E-state index in [0.717, 1.165) is 0 Å². The number of halogens is 3. The Bertz CT molecular complexity index is 621. The van der Waals surface area contributed by atoms with Crippen LogP contribution in [0.25, 0.3) is 0 Å². The number of imidazole rings is 1. The maximum absolute atomic E-state index is 12.5. The molecule has 1 heterocycles. The zero-order chi connectivity index (χ0) is 15.5. The van der Waals surface area contributed by atoms with Gasteiger partial charge in [-0.05, 0) is 12.1 Å². The number of rotatable bonds is 3. The Labute approximate surface area is 119 Å². The summed E-state index contributed by atoms with van der Waals surface area (Å²) >= 11 is 0. The molecular weight excluding hydrogens is 285 g/mol. The molecule has 0 N–H and O–H groups in total. The van der Waals surface area contributed by atoms with Gasteiger partial charge in [-0.2, -0.15) is 5.10 Å². The lowest BCUT2D eigenvalue weighted by Crippen LogP contribution is -2.22. The van der Waals surface area contributed by atoms with Crippen LogP contribution >= 0.6 is 0 Å². The van der Waals surface area contributed by atoms with Crippen LogP contribution in [0.15, 0.2) is 48.1 Å². The fraction of sp³-hybridized carbons (Fsp3) is 0.231. The molecule has 0 saturated heterocycles. The molecule has 2 rings (SSSR count). The first kappa shape index (κ1) is 14.9. The van der Waals surface area contributed by atoms with E-state index < -0.39 is 6.36 Å². The van der Waals surface area contributed by atoms with E-state index in [1.165, 1.54) is 40.3 Å². The smallest absolute Gasteiger partial charge is 0.405 e. The lowest BCUT2D eigenvalue weighted by molar-refractivity contribution is -0.274. The second kappa shape index (κ2) is 5.86. The van der Waals surface area contributed by atoms with Crippen molar-refractivity contribution in [3.05, 3.63) is 48.5 Å². The number of nitrogens with zero attached hydrogens (tertiary/aromatic N) is 4. The standard InChI is InChI=1S/C13H13F3N4O/c1-19(2)18-12(20-8-7-17-9-20)10-5-3-4-6-11(10)21-13(14,15)16/h3-9H,1-2H3/b18-12-. The van der Waals surface area contributed by atoms with Gasteiger partial charge in [-0.25, -0.2) is 4.98 Å². The van der Waals surface area contributed by atoms with Crippen molar-refractivity contribution in [3.63, 3.8) is 0 Å². The number of benzene rings is 1. The Morgan fingerprint density at radius 2 is 2.00 bits per heavy atom. The molecule has 0 fully saturated rings. The summed E-state index contributed by atoms with van der Waals surface area (Å²) in [6, 6.07) is 5.82. The number of hydrogen-bond acceptors (Lipinski definition) is 4. The molecule has 0 aliphatic rings. The molecule has 1 aromatic heterocycles. The van der Waals surface area contributed by atoms with E-state index in [-0.39, 0.29) is 17.1 Å². The highest BCUT2D eigenvalue weighted by molar-refractivity contribution is 6.02. The molecule has 5 nitrogen and oxygen atoms in total. The third kappa shape index (κ3) is 3.98. The molecule has 0 unspecified atom stereocenters. The van der Waals surface area contributed by atoms with Crippen molar-refractivity contribution in [3.8, 4) is 5.75 Å². The summed E-state index contributed by atoms with van der Waals surface area (Å²) in [5.41, 5.74) is 0.210. The number of aromatic nitrogens is 2. The van der Waals surface area contributed by atoms with Gasteiger partial charge in [-0.3, -0.25) is 4.57 Å². The van der Waals surface area contributed by atoms with Crippen molar-refractivity contribution < 1.29 is 17.9 Å². The molecule has 1 aromatic carbocycles. The van der Waals surface area contributed by atoms with Gasteiger partial charge in [0.25, 0.3) is 0 Å². The third-order valence-corrected chi connectivity index (χ3v) is 2.40. The summed E-state index contributed by atoms with van der Waals surface area (Å²) in [4.78, 5) is 3.88. The van der Waals surface area contributed by atoms with Gasteiger partial charge in [-0.1, -0.05) is 12.1 Å². The lowest BCUT2D eigenvalue weighted by Gasteiger charge is -2.16. The first-order valence-corrected chi connectivity index (χ1v) is 5.96. The molecule has 0 atom stereocenters. The van der Waals surface area contributed by atoms with E-state index in [0.29, 0.717) is 0 Å². The van der Waals surface area contributed by atoms with Crippen molar-refractivity contribution in [1.82, 2.24) is 14.6 Å². The van der Waals surface area contributed by atoms with E-state index in [9.17, 15) is 13.2 Å². The first-order valence-electron chi connectivity index (χ1n) is 5.96. The van der Waals surface area contributed by atoms with E-state index in [4.69, 9.17) is 0 Å². The van der Waals surface area contributed by atoms with E-state index in [1.807, 2.05) is 0 Å². The highest BCUT2D eigenvalue weighted by atomic mass is 19.4. The number of hydrogen-bond donors (Lipinski definition) is 0. The largest absolute Gasteiger partial charge is 0.573 e.